The van der Waals surface area contributed by atoms with Crippen molar-refractivity contribution >= 4 is 45.6 Å². The van der Waals surface area contributed by atoms with Crippen molar-refractivity contribution in [3.8, 4) is 0 Å². The number of carbonyl (C=O) groups excluding carboxylic acids is 4. The summed E-state index contributed by atoms with van der Waals surface area (Å²) in [7, 11) is -2.92. The monoisotopic (exact) mass is 609 g/mol. The van der Waals surface area contributed by atoms with Crippen molar-refractivity contribution in [2.24, 2.45) is 11.7 Å². The number of primary amides is 1. The van der Waals surface area contributed by atoms with Gasteiger partial charge in [-0.3, -0.25) is 14.4 Å². The Kier molecular flexibility index (Phi) is 9.60. The molecule has 4 atom stereocenters. The summed E-state index contributed by atoms with van der Waals surface area (Å²) in [5.74, 6) is -2.34. The third kappa shape index (κ3) is 7.38. The van der Waals surface area contributed by atoms with Crippen LogP contribution in [0.15, 0.2) is 36.4 Å². The molecule has 0 aromatic heterocycles. The second-order valence-corrected chi connectivity index (χ2v) is 13.0. The Balaban J connectivity index is 1.53. The van der Waals surface area contributed by atoms with Gasteiger partial charge in [0.25, 0.3) is 11.8 Å². The number of nitrogens with two attached hydrogens (primary N) is 1. The quantitative estimate of drug-likeness (QED) is 0.414. The van der Waals surface area contributed by atoms with E-state index in [4.69, 9.17) is 22.1 Å². The fourth-order valence-corrected chi connectivity index (χ4v) is 6.41. The summed E-state index contributed by atoms with van der Waals surface area (Å²) >= 11 is 5.91. The summed E-state index contributed by atoms with van der Waals surface area (Å²) in [6.45, 7) is 0.276. The molecular formula is C27H36ClN5O7S. The maximum atomic E-state index is 13.5. The Morgan fingerprint density at radius 3 is 2.61 bits per heavy atom. The molecule has 4 unspecified atom stereocenters. The predicted molar refractivity (Wildman–Crippen MR) is 150 cm³/mol. The minimum atomic E-state index is -4.26. The Labute approximate surface area is 244 Å². The van der Waals surface area contributed by atoms with E-state index in [1.54, 1.807) is 24.3 Å². The summed E-state index contributed by atoms with van der Waals surface area (Å²) in [5, 5.41) is 3.29. The first-order valence-corrected chi connectivity index (χ1v) is 15.5. The summed E-state index contributed by atoms with van der Waals surface area (Å²) in [6, 6.07) is 5.75. The van der Waals surface area contributed by atoms with Gasteiger partial charge in [0.15, 0.2) is 6.10 Å². The van der Waals surface area contributed by atoms with Gasteiger partial charge in [0.1, 0.15) is 11.6 Å². The first-order valence-electron chi connectivity index (χ1n) is 13.7. The summed E-state index contributed by atoms with van der Waals surface area (Å²) in [5.41, 5.74) is 4.39. The molecule has 3 aliphatic rings. The lowest BCUT2D eigenvalue weighted by atomic mass is 10.1. The number of nitrogens with one attached hydrogen (secondary N) is 2. The number of amides is 4. The lowest BCUT2D eigenvalue weighted by Gasteiger charge is -2.29. The van der Waals surface area contributed by atoms with E-state index in [0.29, 0.717) is 36.3 Å². The van der Waals surface area contributed by atoms with E-state index < -0.39 is 57.6 Å². The molecule has 1 aromatic carbocycles. The van der Waals surface area contributed by atoms with Crippen LogP contribution in [0.2, 0.25) is 5.02 Å². The highest BCUT2D eigenvalue weighted by Gasteiger charge is 2.61. The Morgan fingerprint density at radius 1 is 1.17 bits per heavy atom. The number of hydrogen-bond acceptors (Lipinski definition) is 7. The third-order valence-corrected chi connectivity index (χ3v) is 9.44. The van der Waals surface area contributed by atoms with Gasteiger partial charge < -0.3 is 20.7 Å². The number of halogens is 1. The molecule has 224 valence electrons. The summed E-state index contributed by atoms with van der Waals surface area (Å²) in [4.78, 5) is 53.2. The maximum Gasteiger partial charge on any atom is 0.405 e. The standard InChI is InChI=1S/C27H36ClN5O7S/c1-32(17-18-11-13-20(28)14-12-18)41(38,39)31-25(36)27-16-19(27)8-5-3-2-4-6-10-22(40-26(29)37)24(35)33-15-7-9-21(33)23(34)30-27/h5,8,11-14,19,21-22H,2-4,6-7,9-10,15-17H2,1H3,(H2,29,37)(H,30,34)(H,31,36)/b8-5+. The maximum absolute atomic E-state index is 13.5. The summed E-state index contributed by atoms with van der Waals surface area (Å²) < 4.78 is 34.4. The average molecular weight is 610 g/mol. The molecule has 2 fully saturated rings. The van der Waals surface area contributed by atoms with Gasteiger partial charge in [-0.1, -0.05) is 42.3 Å². The number of benzene rings is 1. The highest BCUT2D eigenvalue weighted by Crippen LogP contribution is 2.45. The van der Waals surface area contributed by atoms with Crippen LogP contribution in [0.3, 0.4) is 0 Å². The molecule has 41 heavy (non-hydrogen) atoms. The predicted octanol–water partition coefficient (Wildman–Crippen LogP) is 1.98. The van der Waals surface area contributed by atoms with E-state index in [1.807, 2.05) is 12.2 Å². The van der Waals surface area contributed by atoms with Crippen LogP contribution in [-0.2, 0) is 35.9 Å². The van der Waals surface area contributed by atoms with Crippen LogP contribution in [0.25, 0.3) is 0 Å². The van der Waals surface area contributed by atoms with Gasteiger partial charge in [0.05, 0.1) is 0 Å². The minimum Gasteiger partial charge on any atom is -0.436 e. The Morgan fingerprint density at radius 2 is 1.90 bits per heavy atom. The van der Waals surface area contributed by atoms with Crippen molar-refractivity contribution in [1.29, 1.82) is 0 Å². The molecule has 0 bridgehead atoms. The van der Waals surface area contributed by atoms with Gasteiger partial charge in [0, 0.05) is 31.1 Å². The Hall–Kier alpha value is -3.16. The first-order chi connectivity index (χ1) is 19.4. The SMILES string of the molecule is CN(Cc1ccc(Cl)cc1)S(=O)(=O)NC(=O)C12CC1/C=C/CCCCCC(OC(N)=O)C(=O)N1CCCC1C(=O)N2. The lowest BCUT2D eigenvalue weighted by Crippen LogP contribution is -2.58. The lowest BCUT2D eigenvalue weighted by molar-refractivity contribution is -0.146. The number of fused-ring (bicyclic) bond motifs is 2. The molecule has 4 amide bonds. The van der Waals surface area contributed by atoms with Crippen LogP contribution in [0.1, 0.15) is 56.9 Å². The molecule has 2 aliphatic heterocycles. The van der Waals surface area contributed by atoms with Crippen LogP contribution in [0, 0.1) is 5.92 Å². The highest BCUT2D eigenvalue weighted by atomic mass is 35.5. The van der Waals surface area contributed by atoms with Gasteiger partial charge in [-0.25, -0.2) is 9.52 Å². The number of carbonyl (C=O) groups is 4. The molecule has 4 rings (SSSR count). The van der Waals surface area contributed by atoms with Crippen molar-refractivity contribution in [2.75, 3.05) is 13.6 Å². The zero-order valence-electron chi connectivity index (χ0n) is 22.9. The van der Waals surface area contributed by atoms with Crippen molar-refractivity contribution < 1.29 is 32.3 Å². The normalized spacial score (nSPS) is 28.0. The van der Waals surface area contributed by atoms with Crippen LogP contribution in [0.4, 0.5) is 4.79 Å². The van der Waals surface area contributed by atoms with E-state index in [2.05, 4.69) is 10.0 Å². The topological polar surface area (TPSA) is 168 Å². The second kappa shape index (κ2) is 12.8. The molecule has 14 heteroatoms. The third-order valence-electron chi connectivity index (χ3n) is 7.79. The smallest absolute Gasteiger partial charge is 0.405 e. The van der Waals surface area contributed by atoms with Crippen molar-refractivity contribution in [3.05, 3.63) is 47.0 Å². The number of hydrogen-bond donors (Lipinski definition) is 3. The van der Waals surface area contributed by atoms with E-state index >= 15 is 0 Å². The minimum absolute atomic E-state index is 0.00381. The molecule has 1 aromatic rings. The van der Waals surface area contributed by atoms with Gasteiger partial charge in [-0.2, -0.15) is 12.7 Å². The van der Waals surface area contributed by atoms with Gasteiger partial charge in [-0.15, -0.1) is 0 Å². The average Bonchev–Trinajstić information content (AvgIpc) is 3.37. The highest BCUT2D eigenvalue weighted by molar-refractivity contribution is 7.87. The zero-order chi connectivity index (χ0) is 29.8. The zero-order valence-corrected chi connectivity index (χ0v) is 24.5. The first kappa shape index (κ1) is 30.8. The van der Waals surface area contributed by atoms with Crippen molar-refractivity contribution in [3.63, 3.8) is 0 Å². The molecule has 0 radical (unpaired) electrons. The summed E-state index contributed by atoms with van der Waals surface area (Å²) in [6.07, 6.45) is 5.84. The van der Waals surface area contributed by atoms with Gasteiger partial charge in [0.2, 0.25) is 5.91 Å². The molecule has 4 N–H and O–H groups in total. The fourth-order valence-electron chi connectivity index (χ4n) is 5.39. The van der Waals surface area contributed by atoms with Gasteiger partial charge >= 0.3 is 16.3 Å². The number of allylic oxidation sites excluding steroid dienone is 1. The molecule has 1 saturated heterocycles. The van der Waals surface area contributed by atoms with E-state index in [9.17, 15) is 27.6 Å². The van der Waals surface area contributed by atoms with E-state index in [-0.39, 0.29) is 25.9 Å². The number of nitrogens with zero attached hydrogens (tertiary/aromatic N) is 2. The fraction of sp³-hybridized carbons (Fsp3) is 0.556. The van der Waals surface area contributed by atoms with Crippen LogP contribution >= 0.6 is 11.6 Å². The van der Waals surface area contributed by atoms with Crippen LogP contribution < -0.4 is 15.8 Å². The molecule has 1 saturated carbocycles. The van der Waals surface area contributed by atoms with Crippen LogP contribution in [0.5, 0.6) is 0 Å². The number of ether oxygens (including phenoxy) is 1. The molecule has 2 heterocycles. The van der Waals surface area contributed by atoms with Crippen LogP contribution in [-0.4, -0.2) is 72.7 Å². The van der Waals surface area contributed by atoms with Gasteiger partial charge in [-0.05, 0) is 62.6 Å². The molecular weight excluding hydrogens is 574 g/mol. The van der Waals surface area contributed by atoms with E-state index in [0.717, 1.165) is 17.1 Å². The molecule has 12 nitrogen and oxygen atoms in total. The Bertz CT molecular complexity index is 1310. The number of rotatable bonds is 6. The second-order valence-electron chi connectivity index (χ2n) is 10.8. The molecule has 1 aliphatic carbocycles. The largest absolute Gasteiger partial charge is 0.436 e. The van der Waals surface area contributed by atoms with Crippen molar-refractivity contribution in [2.45, 2.75) is 75.6 Å². The van der Waals surface area contributed by atoms with Crippen molar-refractivity contribution in [1.82, 2.24) is 19.2 Å². The van der Waals surface area contributed by atoms with E-state index in [1.165, 1.54) is 11.9 Å². The molecule has 0 spiro atoms.